The van der Waals surface area contributed by atoms with Crippen LogP contribution in [0.2, 0.25) is 0 Å². The summed E-state index contributed by atoms with van der Waals surface area (Å²) in [5, 5.41) is 39.0. The summed E-state index contributed by atoms with van der Waals surface area (Å²) in [4.78, 5) is 17.7. The molecule has 12 heteroatoms. The van der Waals surface area contributed by atoms with E-state index >= 15 is 0 Å². The highest BCUT2D eigenvalue weighted by Crippen LogP contribution is 2.63. The second kappa shape index (κ2) is 26.9. The Kier molecular flexibility index (Phi) is 15.7. The van der Waals surface area contributed by atoms with Gasteiger partial charge in [0, 0.05) is 96.9 Å². The summed E-state index contributed by atoms with van der Waals surface area (Å²) >= 11 is 3.64. The molecule has 0 saturated carbocycles. The maximum Gasteiger partial charge on any atom is 0.197 e. The van der Waals surface area contributed by atoms with Crippen molar-refractivity contribution in [1.82, 2.24) is 0 Å². The molecule has 0 N–H and O–H groups in total. The standard InChI is InChI=1S/C62H40N4O2.C54H36N4S2/c1-61(2)46-18-10-12-20-51(46)65(57-48(61)26-24-42-55-40-16-8-6-14-35(40)22-28-53(55)67-59(42)57)38-30-37(34-63)44-31-39(33-50(64-5)45(44)32-38)66-52-21-13-11-19-47(52)62(3,4)49-27-25-43-56-41-17-9-7-15-36(41)23-29-54(56)68-60(43)58(49)66;1-53(2)40-16-8-10-18-45(40)57(49-42(53)24-22-36-34-14-6-12-20-47(34)59-51(36)49)32-26-31(30-55)38-27-33(29-44(56-5)39(38)28-32)58-46-19-11-9-17-41(46)54(3,4)43-25-23-37-35-15-7-13-21-48(35)60-52(37)50(43)58/h6-33H,1-4H3;6-29H,1-4H3. The van der Waals surface area contributed by atoms with Crippen molar-refractivity contribution >= 4 is 230 Å². The average Bonchev–Trinajstić information content (AvgIpc) is 1.29. The van der Waals surface area contributed by atoms with Crippen LogP contribution in [0.3, 0.4) is 0 Å². The summed E-state index contributed by atoms with van der Waals surface area (Å²) in [6.45, 7) is 35.8. The third kappa shape index (κ3) is 10.2. The number of nitriles is 2. The SMILES string of the molecule is [C-]#[N+]c1cc(N2c3ccccc3C(C)(C)c3ccc4c(oc5ccc6ccccc6c54)c32)cc2c(C#N)cc(N3c4ccccc4C(C)(C)c4ccc5c(oc6ccc7ccccc7c65)c43)cc12.[C-]#[N+]c1cc(N2c3ccccc3C(C)(C)c3ccc4c(sc5ccccc54)c32)cc2c(C#N)cc(N3c4ccccc4C(C)(C)c4ccc5c(sc6ccccc65)c43)cc12. The summed E-state index contributed by atoms with van der Waals surface area (Å²) < 4.78 is 18.9. The number of thiophene rings is 2. The van der Waals surface area contributed by atoms with Gasteiger partial charge in [0.15, 0.2) is 22.5 Å². The molecular formula is C116H76N8O2S2. The van der Waals surface area contributed by atoms with Gasteiger partial charge in [0.2, 0.25) is 0 Å². The van der Waals surface area contributed by atoms with Gasteiger partial charge in [-0.1, -0.05) is 274 Å². The third-order valence-electron chi connectivity index (χ3n) is 28.5. The smallest absolute Gasteiger partial charge is 0.197 e. The average molecular weight is 1680 g/mol. The summed E-state index contributed by atoms with van der Waals surface area (Å²) in [7, 11) is 0. The molecule has 0 saturated heterocycles. The van der Waals surface area contributed by atoms with Gasteiger partial charge in [-0.15, -0.1) is 22.7 Å². The van der Waals surface area contributed by atoms with Crippen LogP contribution in [0, 0.1) is 35.8 Å². The molecule has 8 heterocycles. The van der Waals surface area contributed by atoms with Gasteiger partial charge in [-0.25, -0.2) is 9.69 Å². The van der Waals surface area contributed by atoms with Crippen LogP contribution < -0.4 is 19.6 Å². The summed E-state index contributed by atoms with van der Waals surface area (Å²) in [6.07, 6.45) is 0. The van der Waals surface area contributed by atoms with Gasteiger partial charge in [0.25, 0.3) is 0 Å². The lowest BCUT2D eigenvalue weighted by atomic mass is 9.73. The van der Waals surface area contributed by atoms with Crippen molar-refractivity contribution in [3.63, 3.8) is 0 Å². The zero-order valence-corrected chi connectivity index (χ0v) is 72.9. The number of benzene rings is 18. The zero-order chi connectivity index (χ0) is 86.4. The maximum atomic E-state index is 11.3. The van der Waals surface area contributed by atoms with E-state index in [2.05, 4.69) is 388 Å². The van der Waals surface area contributed by atoms with E-state index < -0.39 is 0 Å². The van der Waals surface area contributed by atoms with Gasteiger partial charge in [0.1, 0.15) is 11.2 Å². The van der Waals surface area contributed by atoms with Crippen LogP contribution in [0.4, 0.5) is 79.6 Å². The monoisotopic (exact) mass is 1680 g/mol. The van der Waals surface area contributed by atoms with E-state index in [1.165, 1.54) is 62.6 Å². The Labute approximate surface area is 746 Å². The zero-order valence-electron chi connectivity index (χ0n) is 71.2. The van der Waals surface area contributed by atoms with Crippen LogP contribution in [0.15, 0.2) is 324 Å². The maximum absolute atomic E-state index is 11.3. The fourth-order valence-corrected chi connectivity index (χ4v) is 24.8. The van der Waals surface area contributed by atoms with Crippen LogP contribution in [0.5, 0.6) is 0 Å². The van der Waals surface area contributed by atoms with Gasteiger partial charge in [0.05, 0.1) is 91.3 Å². The first-order valence-corrected chi connectivity index (χ1v) is 45.0. The Morgan fingerprint density at radius 1 is 0.281 bits per heavy atom. The van der Waals surface area contributed by atoms with Crippen LogP contribution in [0.1, 0.15) is 111 Å². The number of hydrogen-bond donors (Lipinski definition) is 0. The van der Waals surface area contributed by atoms with Crippen molar-refractivity contribution in [3.8, 4) is 12.1 Å². The molecule has 0 bridgehead atoms. The Balaban J connectivity index is 0.000000140. The van der Waals surface area contributed by atoms with E-state index in [-0.39, 0.29) is 21.7 Å². The topological polar surface area (TPSA) is 95.5 Å². The normalized spacial score (nSPS) is 14.7. The summed E-state index contributed by atoms with van der Waals surface area (Å²) in [6, 6.07) is 117. The second-order valence-electron chi connectivity index (χ2n) is 36.5. The number of furan rings is 2. The van der Waals surface area contributed by atoms with E-state index in [9.17, 15) is 10.5 Å². The number of fused-ring (bicyclic) bond motifs is 30. The number of para-hydroxylation sites is 4. The minimum Gasteiger partial charge on any atom is -0.454 e. The number of anilines is 12. The molecular weight excluding hydrogens is 1600 g/mol. The predicted molar refractivity (Wildman–Crippen MR) is 532 cm³/mol. The third-order valence-corrected chi connectivity index (χ3v) is 30.8. The van der Waals surface area contributed by atoms with Crippen molar-refractivity contribution in [2.75, 3.05) is 19.6 Å². The van der Waals surface area contributed by atoms with E-state index in [1.807, 2.05) is 46.9 Å². The molecule has 128 heavy (non-hydrogen) atoms. The van der Waals surface area contributed by atoms with Gasteiger partial charge in [-0.3, -0.25) is 0 Å². The molecule has 0 radical (unpaired) electrons. The Hall–Kier alpha value is -15.8. The van der Waals surface area contributed by atoms with E-state index in [4.69, 9.17) is 22.0 Å². The van der Waals surface area contributed by atoms with Gasteiger partial charge >= 0.3 is 0 Å². The molecule has 26 rings (SSSR count). The number of hydrogen-bond acceptors (Lipinski definition) is 10. The highest BCUT2D eigenvalue weighted by Gasteiger charge is 2.45. The minimum atomic E-state index is -0.378. The molecule has 604 valence electrons. The lowest BCUT2D eigenvalue weighted by molar-refractivity contribution is 0.624. The molecule has 10 nitrogen and oxygen atoms in total. The van der Waals surface area contributed by atoms with Crippen molar-refractivity contribution in [2.24, 2.45) is 0 Å². The Morgan fingerprint density at radius 3 is 0.953 bits per heavy atom. The quantitative estimate of drug-likeness (QED) is 0.161. The highest BCUT2D eigenvalue weighted by molar-refractivity contribution is 7.27. The molecule has 4 aromatic heterocycles. The summed E-state index contributed by atoms with van der Waals surface area (Å²) in [5.41, 5.74) is 24.9. The van der Waals surface area contributed by atoms with Gasteiger partial charge in [-0.05, 0) is 185 Å². The molecule has 0 atom stereocenters. The number of rotatable bonds is 4. The van der Waals surface area contributed by atoms with E-state index in [0.717, 1.165) is 167 Å². The van der Waals surface area contributed by atoms with Crippen molar-refractivity contribution in [3.05, 3.63) is 394 Å². The lowest BCUT2D eigenvalue weighted by Gasteiger charge is -2.43. The van der Waals surface area contributed by atoms with Crippen LogP contribution >= 0.6 is 22.7 Å². The molecule has 4 aliphatic heterocycles. The van der Waals surface area contributed by atoms with Crippen molar-refractivity contribution in [1.29, 1.82) is 10.5 Å². The largest absolute Gasteiger partial charge is 0.454 e. The summed E-state index contributed by atoms with van der Waals surface area (Å²) in [5.74, 6) is 0. The van der Waals surface area contributed by atoms with Crippen molar-refractivity contribution < 1.29 is 8.83 Å². The molecule has 0 aliphatic carbocycles. The molecule has 0 spiro atoms. The van der Waals surface area contributed by atoms with Crippen LogP contribution in [-0.4, -0.2) is 0 Å². The Bertz CT molecular complexity index is 8450. The van der Waals surface area contributed by atoms with Gasteiger partial charge < -0.3 is 28.4 Å². The number of nitrogens with zero attached hydrogens (tertiary/aromatic N) is 8. The van der Waals surface area contributed by atoms with Crippen molar-refractivity contribution in [2.45, 2.75) is 77.0 Å². The molecule has 22 aromatic rings. The highest BCUT2D eigenvalue weighted by atomic mass is 32.1. The van der Waals surface area contributed by atoms with Crippen LogP contribution in [0.25, 0.3) is 137 Å². The van der Waals surface area contributed by atoms with Crippen LogP contribution in [-0.2, 0) is 21.7 Å². The van der Waals surface area contributed by atoms with Gasteiger partial charge in [-0.2, -0.15) is 10.5 Å². The fraction of sp³-hybridized carbons (Fsp3) is 0.103. The first-order valence-electron chi connectivity index (χ1n) is 43.4. The Morgan fingerprint density at radius 2 is 0.586 bits per heavy atom. The molecule has 0 unspecified atom stereocenters. The first-order chi connectivity index (χ1) is 62.3. The molecule has 0 fully saturated rings. The lowest BCUT2D eigenvalue weighted by Crippen LogP contribution is -2.31. The molecule has 18 aromatic carbocycles. The molecule has 0 amide bonds. The fourth-order valence-electron chi connectivity index (χ4n) is 22.3. The molecule has 4 aliphatic rings. The van der Waals surface area contributed by atoms with E-state index in [0.29, 0.717) is 33.3 Å². The van der Waals surface area contributed by atoms with E-state index in [1.54, 1.807) is 0 Å². The second-order valence-corrected chi connectivity index (χ2v) is 38.6. The first kappa shape index (κ1) is 74.8. The minimum absolute atomic E-state index is 0.269. The predicted octanol–water partition coefficient (Wildman–Crippen LogP) is 33.8.